The fraction of sp³-hybridized carbons (Fsp3) is 0.217. The Kier molecular flexibility index (Phi) is 5.18. The number of carbonyl (C=O) groups excluding carboxylic acids is 2. The van der Waals surface area contributed by atoms with Crippen LogP contribution >= 0.6 is 0 Å². The number of hydrogen-bond acceptors (Lipinski definition) is 4. The van der Waals surface area contributed by atoms with Gasteiger partial charge < -0.3 is 9.80 Å². The summed E-state index contributed by atoms with van der Waals surface area (Å²) in [5.41, 5.74) is 1.48. The van der Waals surface area contributed by atoms with Crippen LogP contribution in [0.3, 0.4) is 0 Å². The van der Waals surface area contributed by atoms with E-state index in [9.17, 15) is 19.7 Å². The number of rotatable bonds is 5. The lowest BCUT2D eigenvalue weighted by atomic mass is 10.1. The molecule has 4 rings (SSSR count). The van der Waals surface area contributed by atoms with Gasteiger partial charge in [-0.05, 0) is 17.0 Å². The van der Waals surface area contributed by atoms with Crippen molar-refractivity contribution in [3.8, 4) is 0 Å². The second kappa shape index (κ2) is 7.94. The van der Waals surface area contributed by atoms with Gasteiger partial charge in [-0.3, -0.25) is 19.7 Å². The van der Waals surface area contributed by atoms with Gasteiger partial charge in [0.2, 0.25) is 11.8 Å². The molecule has 7 heteroatoms. The van der Waals surface area contributed by atoms with Crippen LogP contribution in [-0.2, 0) is 16.1 Å². The molecule has 1 aliphatic rings. The minimum absolute atomic E-state index is 0.00785. The molecule has 0 radical (unpaired) electrons. The summed E-state index contributed by atoms with van der Waals surface area (Å²) in [4.78, 5) is 39.4. The van der Waals surface area contributed by atoms with E-state index in [1.165, 1.54) is 17.0 Å². The lowest BCUT2D eigenvalue weighted by molar-refractivity contribution is -0.384. The van der Waals surface area contributed by atoms with Crippen molar-refractivity contribution < 1.29 is 14.5 Å². The van der Waals surface area contributed by atoms with E-state index in [1.54, 1.807) is 24.1 Å². The number of non-ortho nitro benzene ring substituents is 1. The lowest BCUT2D eigenvalue weighted by Gasteiger charge is -2.22. The smallest absolute Gasteiger partial charge is 0.269 e. The number of amides is 2. The predicted octanol–water partition coefficient (Wildman–Crippen LogP) is 3.76. The molecule has 1 aliphatic heterocycles. The molecule has 7 nitrogen and oxygen atoms in total. The summed E-state index contributed by atoms with van der Waals surface area (Å²) in [5.74, 6) is -0.661. The summed E-state index contributed by atoms with van der Waals surface area (Å²) < 4.78 is 0. The SMILES string of the molecule is CN(Cc1cccc([N+](=O)[O-])c1)C(=O)[C@@H]1CC(=O)N(c2cccc3ccccc23)C1. The largest absolute Gasteiger partial charge is 0.341 e. The van der Waals surface area contributed by atoms with Gasteiger partial charge >= 0.3 is 0 Å². The third kappa shape index (κ3) is 3.74. The molecule has 1 fully saturated rings. The van der Waals surface area contributed by atoms with E-state index in [1.807, 2.05) is 42.5 Å². The molecule has 0 unspecified atom stereocenters. The summed E-state index contributed by atoms with van der Waals surface area (Å²) in [7, 11) is 1.66. The highest BCUT2D eigenvalue weighted by molar-refractivity contribution is 6.06. The van der Waals surface area contributed by atoms with Crippen LogP contribution < -0.4 is 4.90 Å². The summed E-state index contributed by atoms with van der Waals surface area (Å²) >= 11 is 0. The summed E-state index contributed by atoms with van der Waals surface area (Å²) in [5, 5.41) is 13.0. The predicted molar refractivity (Wildman–Crippen MR) is 114 cm³/mol. The zero-order valence-corrected chi connectivity index (χ0v) is 16.5. The van der Waals surface area contributed by atoms with Crippen molar-refractivity contribution in [3.05, 3.63) is 82.4 Å². The van der Waals surface area contributed by atoms with Crippen molar-refractivity contribution in [2.45, 2.75) is 13.0 Å². The van der Waals surface area contributed by atoms with Crippen LogP contribution in [0.25, 0.3) is 10.8 Å². The van der Waals surface area contributed by atoms with E-state index in [-0.39, 0.29) is 30.5 Å². The first-order chi connectivity index (χ1) is 14.4. The standard InChI is InChI=1S/C23H21N3O4/c1-24(14-16-6-4-9-19(12-16)26(29)30)23(28)18-13-22(27)25(15-18)21-11-5-8-17-7-2-3-10-20(17)21/h2-12,18H,13-15H2,1H3/t18-/m1/s1. The van der Waals surface area contributed by atoms with Crippen LogP contribution in [0.5, 0.6) is 0 Å². The number of fused-ring (bicyclic) bond motifs is 1. The summed E-state index contributed by atoms with van der Waals surface area (Å²) in [6.07, 6.45) is 0.154. The van der Waals surface area contributed by atoms with Gasteiger partial charge in [0.15, 0.2) is 0 Å². The maximum absolute atomic E-state index is 13.0. The minimum atomic E-state index is -0.455. The third-order valence-electron chi connectivity index (χ3n) is 5.45. The third-order valence-corrected chi connectivity index (χ3v) is 5.45. The lowest BCUT2D eigenvalue weighted by Crippen LogP contribution is -2.34. The molecule has 0 N–H and O–H groups in total. The van der Waals surface area contributed by atoms with Crippen LogP contribution in [-0.4, -0.2) is 35.2 Å². The highest BCUT2D eigenvalue weighted by atomic mass is 16.6. The second-order valence-corrected chi connectivity index (χ2v) is 7.52. The van der Waals surface area contributed by atoms with E-state index in [0.717, 1.165) is 16.5 Å². The fourth-order valence-electron chi connectivity index (χ4n) is 3.98. The number of nitro groups is 1. The first-order valence-electron chi connectivity index (χ1n) is 9.70. The highest BCUT2D eigenvalue weighted by Crippen LogP contribution is 2.32. The van der Waals surface area contributed by atoms with Crippen LogP contribution in [0.1, 0.15) is 12.0 Å². The van der Waals surface area contributed by atoms with Gasteiger partial charge in [-0.15, -0.1) is 0 Å². The fourth-order valence-corrected chi connectivity index (χ4v) is 3.98. The van der Waals surface area contributed by atoms with Crippen molar-refractivity contribution >= 4 is 34.0 Å². The van der Waals surface area contributed by atoms with Crippen LogP contribution in [0.15, 0.2) is 66.7 Å². The first-order valence-corrected chi connectivity index (χ1v) is 9.70. The maximum atomic E-state index is 13.0. The molecule has 30 heavy (non-hydrogen) atoms. The Hall–Kier alpha value is -3.74. The molecule has 1 heterocycles. The maximum Gasteiger partial charge on any atom is 0.269 e. The van der Waals surface area contributed by atoms with E-state index >= 15 is 0 Å². The monoisotopic (exact) mass is 403 g/mol. The number of hydrogen-bond donors (Lipinski definition) is 0. The summed E-state index contributed by atoms with van der Waals surface area (Å²) in [6, 6.07) is 19.9. The number of benzene rings is 3. The van der Waals surface area contributed by atoms with Gasteiger partial charge in [0.1, 0.15) is 0 Å². The molecule has 0 bridgehead atoms. The number of anilines is 1. The van der Waals surface area contributed by atoms with Crippen LogP contribution in [0.2, 0.25) is 0 Å². The molecule has 152 valence electrons. The summed E-state index contributed by atoms with van der Waals surface area (Å²) in [6.45, 7) is 0.574. The van der Waals surface area contributed by atoms with Crippen molar-refractivity contribution in [2.75, 3.05) is 18.5 Å². The number of nitrogens with zero attached hydrogens (tertiary/aromatic N) is 3. The van der Waals surface area contributed by atoms with Crippen molar-refractivity contribution in [1.82, 2.24) is 4.90 Å². The Balaban J connectivity index is 1.50. The normalized spacial score (nSPS) is 16.1. The van der Waals surface area contributed by atoms with Gasteiger partial charge in [0, 0.05) is 44.1 Å². The van der Waals surface area contributed by atoms with Crippen molar-refractivity contribution in [2.24, 2.45) is 5.92 Å². The Labute approximate surface area is 173 Å². The Bertz CT molecular complexity index is 1140. The van der Waals surface area contributed by atoms with Gasteiger partial charge in [-0.1, -0.05) is 48.5 Å². The average Bonchev–Trinajstić information content (AvgIpc) is 3.14. The van der Waals surface area contributed by atoms with Gasteiger partial charge in [-0.2, -0.15) is 0 Å². The van der Waals surface area contributed by atoms with Gasteiger partial charge in [0.05, 0.1) is 16.5 Å². The molecule has 3 aromatic carbocycles. The zero-order chi connectivity index (χ0) is 21.3. The Morgan fingerprint density at radius 3 is 2.67 bits per heavy atom. The molecular formula is C23H21N3O4. The molecule has 0 spiro atoms. The zero-order valence-electron chi connectivity index (χ0n) is 16.5. The van der Waals surface area contributed by atoms with Gasteiger partial charge in [-0.25, -0.2) is 0 Å². The van der Waals surface area contributed by atoms with E-state index in [4.69, 9.17) is 0 Å². The quantitative estimate of drug-likeness (QED) is 0.480. The topological polar surface area (TPSA) is 83.8 Å². The average molecular weight is 403 g/mol. The molecular weight excluding hydrogens is 382 g/mol. The highest BCUT2D eigenvalue weighted by Gasteiger charge is 2.37. The molecule has 0 saturated carbocycles. The molecule has 1 atom stereocenters. The second-order valence-electron chi connectivity index (χ2n) is 7.52. The van der Waals surface area contributed by atoms with Gasteiger partial charge in [0.25, 0.3) is 5.69 Å². The number of carbonyl (C=O) groups is 2. The van der Waals surface area contributed by atoms with Crippen molar-refractivity contribution in [1.29, 1.82) is 0 Å². The number of nitro benzene ring substituents is 1. The van der Waals surface area contributed by atoms with E-state index in [2.05, 4.69) is 0 Å². The molecule has 2 amide bonds. The molecule has 1 saturated heterocycles. The minimum Gasteiger partial charge on any atom is -0.341 e. The van der Waals surface area contributed by atoms with Crippen LogP contribution in [0.4, 0.5) is 11.4 Å². The molecule has 0 aromatic heterocycles. The van der Waals surface area contributed by atoms with Crippen LogP contribution in [0, 0.1) is 16.0 Å². The Morgan fingerprint density at radius 1 is 1.13 bits per heavy atom. The molecule has 3 aromatic rings. The Morgan fingerprint density at radius 2 is 1.87 bits per heavy atom. The molecule has 0 aliphatic carbocycles. The first kappa shape index (κ1) is 19.6. The van der Waals surface area contributed by atoms with E-state index in [0.29, 0.717) is 12.1 Å². The van der Waals surface area contributed by atoms with Crippen molar-refractivity contribution in [3.63, 3.8) is 0 Å². The van der Waals surface area contributed by atoms with E-state index < -0.39 is 10.8 Å².